The lowest BCUT2D eigenvalue weighted by atomic mass is 10.2. The van der Waals surface area contributed by atoms with Crippen molar-refractivity contribution >= 4 is 11.6 Å². The Morgan fingerprint density at radius 3 is 2.72 bits per heavy atom. The third kappa shape index (κ3) is 2.40. The summed E-state index contributed by atoms with van der Waals surface area (Å²) in [5, 5.41) is 11.5. The predicted molar refractivity (Wildman–Crippen MR) is 58.0 cm³/mol. The van der Waals surface area contributed by atoms with E-state index in [1.807, 2.05) is 0 Å². The molecule has 18 heavy (non-hydrogen) atoms. The summed E-state index contributed by atoms with van der Waals surface area (Å²) in [6.07, 6.45) is 2.38. The lowest BCUT2D eigenvalue weighted by Gasteiger charge is -2.06. The van der Waals surface area contributed by atoms with Gasteiger partial charge in [-0.15, -0.1) is 0 Å². The average molecular weight is 251 g/mol. The summed E-state index contributed by atoms with van der Waals surface area (Å²) in [5.41, 5.74) is -0.355. The lowest BCUT2D eigenvalue weighted by molar-refractivity contribution is 0.102. The van der Waals surface area contributed by atoms with Crippen molar-refractivity contribution in [3.05, 3.63) is 48.1 Å². The van der Waals surface area contributed by atoms with Crippen LogP contribution in [-0.4, -0.2) is 21.0 Å². The molecule has 2 N–H and O–H groups in total. The van der Waals surface area contributed by atoms with Gasteiger partial charge in [-0.2, -0.15) is 13.8 Å². The van der Waals surface area contributed by atoms with E-state index in [9.17, 15) is 18.7 Å². The minimum absolute atomic E-state index is 0.0753. The number of anilines is 1. The molecule has 0 unspecified atom stereocenters. The number of pyridine rings is 2. The Bertz CT molecular complexity index is 605. The fourth-order valence-corrected chi connectivity index (χ4v) is 1.27. The molecule has 0 saturated heterocycles. The van der Waals surface area contributed by atoms with Crippen LogP contribution in [0.4, 0.5) is 14.5 Å². The molecule has 0 fully saturated rings. The van der Waals surface area contributed by atoms with Crippen LogP contribution in [0.1, 0.15) is 10.4 Å². The summed E-state index contributed by atoms with van der Waals surface area (Å²) in [7, 11) is 0. The van der Waals surface area contributed by atoms with E-state index in [0.717, 1.165) is 18.3 Å². The van der Waals surface area contributed by atoms with Crippen LogP contribution >= 0.6 is 0 Å². The molecule has 0 aliphatic heterocycles. The van der Waals surface area contributed by atoms with Gasteiger partial charge in [-0.25, -0.2) is 0 Å². The Balaban J connectivity index is 2.24. The fourth-order valence-electron chi connectivity index (χ4n) is 1.27. The Labute approximate surface area is 100 Å². The van der Waals surface area contributed by atoms with Gasteiger partial charge in [-0.05, 0) is 18.2 Å². The van der Waals surface area contributed by atoms with Crippen molar-refractivity contribution in [1.82, 2.24) is 9.97 Å². The van der Waals surface area contributed by atoms with Crippen LogP contribution in [-0.2, 0) is 0 Å². The molecule has 0 bridgehead atoms. The van der Waals surface area contributed by atoms with Crippen LogP contribution in [0, 0.1) is 11.9 Å². The highest BCUT2D eigenvalue weighted by atomic mass is 19.1. The third-order valence-electron chi connectivity index (χ3n) is 2.11. The highest BCUT2D eigenvalue weighted by Crippen LogP contribution is 2.17. The van der Waals surface area contributed by atoms with Gasteiger partial charge in [-0.1, -0.05) is 0 Å². The van der Waals surface area contributed by atoms with Gasteiger partial charge >= 0.3 is 0 Å². The van der Waals surface area contributed by atoms with E-state index in [4.69, 9.17) is 0 Å². The van der Waals surface area contributed by atoms with Gasteiger partial charge < -0.3 is 10.4 Å². The Hall–Kier alpha value is -2.57. The van der Waals surface area contributed by atoms with Crippen molar-refractivity contribution < 1.29 is 18.7 Å². The first-order valence-electron chi connectivity index (χ1n) is 4.84. The minimum Gasteiger partial charge on any atom is -0.505 e. The van der Waals surface area contributed by atoms with E-state index in [-0.39, 0.29) is 17.0 Å². The summed E-state index contributed by atoms with van der Waals surface area (Å²) >= 11 is 0. The molecule has 0 aliphatic rings. The second kappa shape index (κ2) is 4.74. The van der Waals surface area contributed by atoms with Crippen LogP contribution in [0.2, 0.25) is 0 Å². The number of amides is 1. The maximum absolute atomic E-state index is 13.2. The maximum Gasteiger partial charge on any atom is 0.259 e. The topological polar surface area (TPSA) is 75.1 Å². The number of carbonyl (C=O) groups excluding carboxylic acids is 1. The molecule has 0 aliphatic carbocycles. The van der Waals surface area contributed by atoms with E-state index in [1.165, 1.54) is 12.3 Å². The standard InChI is InChI=1S/C11H7F2N3O2/c12-9-2-1-7(10(13)16-9)15-11(18)6-3-4-14-5-8(6)17/h1-5,17H,(H,15,18). The summed E-state index contributed by atoms with van der Waals surface area (Å²) in [6.45, 7) is 0. The van der Waals surface area contributed by atoms with Gasteiger partial charge in [0.1, 0.15) is 5.75 Å². The highest BCUT2D eigenvalue weighted by molar-refractivity contribution is 6.05. The Morgan fingerprint density at radius 1 is 1.28 bits per heavy atom. The number of halogens is 2. The Morgan fingerprint density at radius 2 is 2.06 bits per heavy atom. The summed E-state index contributed by atoms with van der Waals surface area (Å²) in [4.78, 5) is 18.2. The quantitative estimate of drug-likeness (QED) is 0.797. The molecule has 2 aromatic heterocycles. The average Bonchev–Trinajstić information content (AvgIpc) is 2.33. The number of aromatic nitrogens is 2. The summed E-state index contributed by atoms with van der Waals surface area (Å²) in [6, 6.07) is 3.21. The minimum atomic E-state index is -1.14. The fraction of sp³-hybridized carbons (Fsp3) is 0. The summed E-state index contributed by atoms with van der Waals surface area (Å²) in [5.74, 6) is -3.22. The normalized spacial score (nSPS) is 10.1. The number of hydrogen-bond donors (Lipinski definition) is 2. The molecule has 2 rings (SSSR count). The number of nitrogens with one attached hydrogen (secondary N) is 1. The molecule has 2 heterocycles. The molecule has 1 amide bonds. The molecule has 0 atom stereocenters. The first kappa shape index (κ1) is 11.9. The zero-order chi connectivity index (χ0) is 13.1. The molecular formula is C11H7F2N3O2. The summed E-state index contributed by atoms with van der Waals surface area (Å²) < 4.78 is 25.7. The van der Waals surface area contributed by atoms with Crippen LogP contribution in [0.15, 0.2) is 30.6 Å². The molecule has 7 heteroatoms. The van der Waals surface area contributed by atoms with E-state index in [2.05, 4.69) is 15.3 Å². The molecule has 5 nitrogen and oxygen atoms in total. The van der Waals surface area contributed by atoms with Gasteiger partial charge in [-0.3, -0.25) is 9.78 Å². The van der Waals surface area contributed by atoms with Crippen molar-refractivity contribution in [2.45, 2.75) is 0 Å². The van der Waals surface area contributed by atoms with Crippen LogP contribution in [0.5, 0.6) is 5.75 Å². The molecule has 0 radical (unpaired) electrons. The molecule has 0 saturated carbocycles. The van der Waals surface area contributed by atoms with Crippen LogP contribution in [0.3, 0.4) is 0 Å². The molecule has 0 aromatic carbocycles. The third-order valence-corrected chi connectivity index (χ3v) is 2.11. The molecule has 0 spiro atoms. The van der Waals surface area contributed by atoms with Gasteiger partial charge in [0.2, 0.25) is 11.9 Å². The first-order chi connectivity index (χ1) is 8.58. The Kier molecular flexibility index (Phi) is 3.13. The number of rotatable bonds is 2. The smallest absolute Gasteiger partial charge is 0.259 e. The maximum atomic E-state index is 13.2. The first-order valence-corrected chi connectivity index (χ1v) is 4.84. The number of hydrogen-bond acceptors (Lipinski definition) is 4. The van der Waals surface area contributed by atoms with E-state index in [0.29, 0.717) is 0 Å². The van der Waals surface area contributed by atoms with Crippen molar-refractivity contribution in [3.8, 4) is 5.75 Å². The van der Waals surface area contributed by atoms with Crippen molar-refractivity contribution in [3.63, 3.8) is 0 Å². The van der Waals surface area contributed by atoms with Gasteiger partial charge in [0, 0.05) is 6.20 Å². The van der Waals surface area contributed by atoms with E-state index < -0.39 is 17.8 Å². The molecular weight excluding hydrogens is 244 g/mol. The van der Waals surface area contributed by atoms with Gasteiger partial charge in [0.15, 0.2) is 0 Å². The lowest BCUT2D eigenvalue weighted by Crippen LogP contribution is -2.14. The van der Waals surface area contributed by atoms with Gasteiger partial charge in [0.05, 0.1) is 17.4 Å². The second-order valence-corrected chi connectivity index (χ2v) is 3.32. The number of carbonyl (C=O) groups is 1. The molecule has 92 valence electrons. The largest absolute Gasteiger partial charge is 0.505 e. The zero-order valence-electron chi connectivity index (χ0n) is 8.89. The van der Waals surface area contributed by atoms with Crippen molar-refractivity contribution in [1.29, 1.82) is 0 Å². The van der Waals surface area contributed by atoms with Crippen molar-refractivity contribution in [2.75, 3.05) is 5.32 Å². The number of nitrogens with zero attached hydrogens (tertiary/aromatic N) is 2. The van der Waals surface area contributed by atoms with Crippen LogP contribution in [0.25, 0.3) is 0 Å². The van der Waals surface area contributed by atoms with Crippen molar-refractivity contribution in [2.24, 2.45) is 0 Å². The molecule has 2 aromatic rings. The van der Waals surface area contributed by atoms with E-state index in [1.54, 1.807) is 0 Å². The second-order valence-electron chi connectivity index (χ2n) is 3.32. The monoisotopic (exact) mass is 251 g/mol. The van der Waals surface area contributed by atoms with E-state index >= 15 is 0 Å². The zero-order valence-corrected chi connectivity index (χ0v) is 8.89. The highest BCUT2D eigenvalue weighted by Gasteiger charge is 2.13. The predicted octanol–water partition coefficient (Wildman–Crippen LogP) is 1.71. The van der Waals surface area contributed by atoms with Gasteiger partial charge in [0.25, 0.3) is 5.91 Å². The van der Waals surface area contributed by atoms with Crippen LogP contribution < -0.4 is 5.32 Å². The SMILES string of the molecule is O=C(Nc1ccc(F)nc1F)c1ccncc1O. The number of aromatic hydroxyl groups is 1.